The highest BCUT2D eigenvalue weighted by atomic mass is 16.5. The van der Waals surface area contributed by atoms with E-state index in [0.717, 1.165) is 18.6 Å². The predicted molar refractivity (Wildman–Crippen MR) is 99.4 cm³/mol. The second kappa shape index (κ2) is 8.73. The molecule has 0 fully saturated rings. The number of hydrogen-bond donors (Lipinski definition) is 0. The van der Waals surface area contributed by atoms with E-state index in [-0.39, 0.29) is 11.2 Å². The zero-order valence-electron chi connectivity index (χ0n) is 16.3. The Hall–Kier alpha value is -1.02. The number of unbranched alkanes of at least 4 members (excludes halogenated alkanes) is 3. The van der Waals surface area contributed by atoms with Crippen LogP contribution in [0.3, 0.4) is 0 Å². The quantitative estimate of drug-likeness (QED) is 0.512. The standard InChI is InChI=1S/C21H36O2/c1-17-13-14-19(22-7)18(16-17)12-10-8-9-11-15-21(5,6)23-20(2,3)4/h13-14,16H,8-12,15H2,1-7H3. The number of aryl methyl sites for hydroxylation is 2. The molecule has 1 rings (SSSR count). The van der Waals surface area contributed by atoms with Crippen LogP contribution in [0.25, 0.3) is 0 Å². The van der Waals surface area contributed by atoms with E-state index < -0.39 is 0 Å². The summed E-state index contributed by atoms with van der Waals surface area (Å²) in [6.45, 7) is 12.9. The van der Waals surface area contributed by atoms with Crippen LogP contribution in [-0.4, -0.2) is 18.3 Å². The second-order valence-electron chi connectivity index (χ2n) is 8.20. The fourth-order valence-electron chi connectivity index (χ4n) is 3.20. The molecule has 2 heteroatoms. The van der Waals surface area contributed by atoms with Crippen LogP contribution < -0.4 is 4.74 Å². The highest BCUT2D eigenvalue weighted by Crippen LogP contribution is 2.26. The molecule has 23 heavy (non-hydrogen) atoms. The fourth-order valence-corrected chi connectivity index (χ4v) is 3.20. The average Bonchev–Trinajstić information content (AvgIpc) is 2.40. The van der Waals surface area contributed by atoms with Crippen molar-refractivity contribution in [1.29, 1.82) is 0 Å². The van der Waals surface area contributed by atoms with Crippen LogP contribution in [-0.2, 0) is 11.2 Å². The number of rotatable bonds is 9. The highest BCUT2D eigenvalue weighted by molar-refractivity contribution is 5.36. The summed E-state index contributed by atoms with van der Waals surface area (Å²) in [5.41, 5.74) is 2.55. The Balaban J connectivity index is 2.27. The zero-order chi connectivity index (χ0) is 17.5. The molecule has 0 amide bonds. The van der Waals surface area contributed by atoms with Gasteiger partial charge in [-0.15, -0.1) is 0 Å². The van der Waals surface area contributed by atoms with Gasteiger partial charge in [-0.25, -0.2) is 0 Å². The molecule has 0 saturated carbocycles. The molecule has 0 atom stereocenters. The van der Waals surface area contributed by atoms with Gasteiger partial charge in [0.1, 0.15) is 5.75 Å². The van der Waals surface area contributed by atoms with Crippen LogP contribution in [0.2, 0.25) is 0 Å². The van der Waals surface area contributed by atoms with Crippen molar-refractivity contribution < 1.29 is 9.47 Å². The van der Waals surface area contributed by atoms with E-state index in [0.29, 0.717) is 0 Å². The van der Waals surface area contributed by atoms with Gasteiger partial charge in [-0.3, -0.25) is 0 Å². The minimum Gasteiger partial charge on any atom is -0.496 e. The SMILES string of the molecule is COc1ccc(C)cc1CCCCCCC(C)(C)OC(C)(C)C. The molecular formula is C21H36O2. The largest absolute Gasteiger partial charge is 0.496 e. The molecule has 0 unspecified atom stereocenters. The van der Waals surface area contributed by atoms with Gasteiger partial charge in [-0.05, 0) is 72.4 Å². The topological polar surface area (TPSA) is 18.5 Å². The predicted octanol–water partition coefficient (Wildman–Crippen LogP) is 6.09. The molecule has 0 aliphatic heterocycles. The molecule has 0 bridgehead atoms. The molecule has 2 nitrogen and oxygen atoms in total. The Bertz CT molecular complexity index is 469. The maximum Gasteiger partial charge on any atom is 0.122 e. The van der Waals surface area contributed by atoms with Gasteiger partial charge < -0.3 is 9.47 Å². The average molecular weight is 321 g/mol. The van der Waals surface area contributed by atoms with Crippen LogP contribution >= 0.6 is 0 Å². The molecule has 1 aromatic rings. The number of hydrogen-bond acceptors (Lipinski definition) is 2. The van der Waals surface area contributed by atoms with Crippen molar-refractivity contribution in [3.8, 4) is 5.75 Å². The second-order valence-corrected chi connectivity index (χ2v) is 8.20. The summed E-state index contributed by atoms with van der Waals surface area (Å²) in [5, 5.41) is 0. The maximum atomic E-state index is 6.13. The van der Waals surface area contributed by atoms with E-state index >= 15 is 0 Å². The molecule has 0 heterocycles. The third-order valence-electron chi connectivity index (χ3n) is 3.99. The van der Waals surface area contributed by atoms with E-state index in [1.807, 2.05) is 0 Å². The third-order valence-corrected chi connectivity index (χ3v) is 3.99. The molecule has 132 valence electrons. The maximum absolute atomic E-state index is 6.13. The van der Waals surface area contributed by atoms with E-state index in [2.05, 4.69) is 59.7 Å². The fraction of sp³-hybridized carbons (Fsp3) is 0.714. The molecule has 0 spiro atoms. The molecule has 1 aromatic carbocycles. The summed E-state index contributed by atoms with van der Waals surface area (Å²) in [6.07, 6.45) is 7.22. The van der Waals surface area contributed by atoms with Gasteiger partial charge in [0.25, 0.3) is 0 Å². The number of methoxy groups -OCH3 is 1. The summed E-state index contributed by atoms with van der Waals surface area (Å²) in [4.78, 5) is 0. The third kappa shape index (κ3) is 8.41. The Morgan fingerprint density at radius 1 is 0.913 bits per heavy atom. The molecule has 0 saturated heterocycles. The van der Waals surface area contributed by atoms with Gasteiger partial charge in [0, 0.05) is 0 Å². The minimum absolute atomic E-state index is 0.0297. The zero-order valence-corrected chi connectivity index (χ0v) is 16.3. The lowest BCUT2D eigenvalue weighted by atomic mass is 9.97. The Labute approximate surface area is 143 Å². The summed E-state index contributed by atoms with van der Waals surface area (Å²) < 4.78 is 11.6. The van der Waals surface area contributed by atoms with E-state index in [9.17, 15) is 0 Å². The summed E-state index contributed by atoms with van der Waals surface area (Å²) in [7, 11) is 1.76. The van der Waals surface area contributed by atoms with Crippen molar-refractivity contribution in [2.24, 2.45) is 0 Å². The molecule has 0 aliphatic carbocycles. The molecule has 0 radical (unpaired) electrons. The van der Waals surface area contributed by atoms with Crippen LogP contribution in [0.5, 0.6) is 5.75 Å². The lowest BCUT2D eigenvalue weighted by molar-refractivity contribution is -0.116. The first kappa shape index (κ1) is 20.0. The number of benzene rings is 1. The Morgan fingerprint density at radius 3 is 2.17 bits per heavy atom. The lowest BCUT2D eigenvalue weighted by Crippen LogP contribution is -2.34. The van der Waals surface area contributed by atoms with Gasteiger partial charge in [0.05, 0.1) is 18.3 Å². The first-order valence-corrected chi connectivity index (χ1v) is 8.97. The Kier molecular flexibility index (Phi) is 7.60. The highest BCUT2D eigenvalue weighted by Gasteiger charge is 2.24. The van der Waals surface area contributed by atoms with Crippen LogP contribution in [0.1, 0.15) is 77.8 Å². The number of ether oxygens (including phenoxy) is 2. The summed E-state index contributed by atoms with van der Waals surface area (Å²) >= 11 is 0. The lowest BCUT2D eigenvalue weighted by Gasteiger charge is -2.34. The first-order chi connectivity index (χ1) is 10.6. The molecule has 0 N–H and O–H groups in total. The van der Waals surface area contributed by atoms with Gasteiger partial charge in [0.2, 0.25) is 0 Å². The van der Waals surface area contributed by atoms with E-state index in [1.54, 1.807) is 7.11 Å². The minimum atomic E-state index is -0.0643. The smallest absolute Gasteiger partial charge is 0.122 e. The van der Waals surface area contributed by atoms with Crippen molar-refractivity contribution in [2.75, 3.05) is 7.11 Å². The van der Waals surface area contributed by atoms with Gasteiger partial charge in [-0.2, -0.15) is 0 Å². The monoisotopic (exact) mass is 320 g/mol. The van der Waals surface area contributed by atoms with Gasteiger partial charge in [-0.1, -0.05) is 37.0 Å². The normalized spacial score (nSPS) is 12.5. The summed E-state index contributed by atoms with van der Waals surface area (Å²) in [6, 6.07) is 6.44. The van der Waals surface area contributed by atoms with Crippen LogP contribution in [0.4, 0.5) is 0 Å². The molecule has 0 aliphatic rings. The van der Waals surface area contributed by atoms with Crippen molar-refractivity contribution in [2.45, 2.75) is 91.3 Å². The molecular weight excluding hydrogens is 284 g/mol. The van der Waals surface area contributed by atoms with E-state index in [4.69, 9.17) is 9.47 Å². The van der Waals surface area contributed by atoms with Crippen molar-refractivity contribution in [1.82, 2.24) is 0 Å². The van der Waals surface area contributed by atoms with Crippen molar-refractivity contribution in [3.05, 3.63) is 29.3 Å². The Morgan fingerprint density at radius 2 is 1.57 bits per heavy atom. The van der Waals surface area contributed by atoms with Gasteiger partial charge in [0.15, 0.2) is 0 Å². The van der Waals surface area contributed by atoms with E-state index in [1.165, 1.54) is 36.8 Å². The summed E-state index contributed by atoms with van der Waals surface area (Å²) in [5.74, 6) is 1.02. The van der Waals surface area contributed by atoms with Crippen molar-refractivity contribution >= 4 is 0 Å². The molecule has 0 aromatic heterocycles. The van der Waals surface area contributed by atoms with Crippen LogP contribution in [0, 0.1) is 6.92 Å². The van der Waals surface area contributed by atoms with Crippen LogP contribution in [0.15, 0.2) is 18.2 Å². The first-order valence-electron chi connectivity index (χ1n) is 8.97. The van der Waals surface area contributed by atoms with Gasteiger partial charge >= 0.3 is 0 Å². The van der Waals surface area contributed by atoms with Crippen molar-refractivity contribution in [3.63, 3.8) is 0 Å².